The zero-order valence-electron chi connectivity index (χ0n) is 10.9. The van der Waals surface area contributed by atoms with Crippen molar-refractivity contribution in [2.45, 2.75) is 37.5 Å². The fourth-order valence-corrected chi connectivity index (χ4v) is 5.54. The molecule has 4 aliphatic rings. The van der Waals surface area contributed by atoms with Gasteiger partial charge in [-0.25, -0.2) is 0 Å². The third-order valence-electron chi connectivity index (χ3n) is 6.01. The lowest BCUT2D eigenvalue weighted by atomic mass is 9.45. The van der Waals surface area contributed by atoms with Gasteiger partial charge in [-0.15, -0.1) is 0 Å². The Hall–Kier alpha value is -0.890. The number of aromatic nitrogens is 1. The average molecular weight is 242 g/mol. The van der Waals surface area contributed by atoms with Gasteiger partial charge in [0.05, 0.1) is 0 Å². The summed E-state index contributed by atoms with van der Waals surface area (Å²) >= 11 is 0. The molecule has 96 valence electrons. The van der Waals surface area contributed by atoms with E-state index in [1.54, 1.807) is 0 Å². The highest BCUT2D eigenvalue weighted by Gasteiger charge is 2.55. The molecule has 0 spiro atoms. The van der Waals surface area contributed by atoms with E-state index in [0.717, 1.165) is 30.2 Å². The van der Waals surface area contributed by atoms with Crippen LogP contribution in [0.5, 0.6) is 0 Å². The third kappa shape index (κ3) is 1.41. The number of rotatable bonds is 2. The second-order valence-corrected chi connectivity index (χ2v) is 6.89. The van der Waals surface area contributed by atoms with Crippen LogP contribution >= 0.6 is 0 Å². The van der Waals surface area contributed by atoms with Gasteiger partial charge in [0.25, 0.3) is 0 Å². The molecule has 1 aromatic rings. The predicted molar refractivity (Wildman–Crippen MR) is 72.0 cm³/mol. The van der Waals surface area contributed by atoms with E-state index in [0.29, 0.717) is 5.41 Å². The molecule has 1 heterocycles. The second kappa shape index (κ2) is 3.80. The molecule has 0 radical (unpaired) electrons. The van der Waals surface area contributed by atoms with Gasteiger partial charge in [-0.3, -0.25) is 4.98 Å². The number of hydrogen-bond acceptors (Lipinski definition) is 2. The van der Waals surface area contributed by atoms with Crippen molar-refractivity contribution in [3.05, 3.63) is 30.1 Å². The summed E-state index contributed by atoms with van der Waals surface area (Å²) in [4.78, 5) is 4.36. The van der Waals surface area contributed by atoms with Gasteiger partial charge >= 0.3 is 0 Å². The van der Waals surface area contributed by atoms with E-state index in [2.05, 4.69) is 23.3 Å². The van der Waals surface area contributed by atoms with Crippen molar-refractivity contribution in [1.82, 2.24) is 4.98 Å². The number of nitrogens with two attached hydrogens (primary N) is 1. The van der Waals surface area contributed by atoms with E-state index in [1.165, 1.54) is 37.7 Å². The third-order valence-corrected chi connectivity index (χ3v) is 6.01. The first-order chi connectivity index (χ1) is 8.81. The summed E-state index contributed by atoms with van der Waals surface area (Å²) in [6.07, 6.45) is 11.0. The molecule has 4 bridgehead atoms. The Kier molecular flexibility index (Phi) is 2.32. The number of pyridine rings is 1. The minimum atomic E-state index is 0.455. The lowest BCUT2D eigenvalue weighted by Crippen LogP contribution is -2.54. The van der Waals surface area contributed by atoms with E-state index in [9.17, 15) is 0 Å². The van der Waals surface area contributed by atoms with Gasteiger partial charge in [-0.1, -0.05) is 6.07 Å². The van der Waals surface area contributed by atoms with Crippen molar-refractivity contribution in [2.75, 3.05) is 6.54 Å². The van der Waals surface area contributed by atoms with Crippen LogP contribution in [0.4, 0.5) is 0 Å². The van der Waals surface area contributed by atoms with Crippen LogP contribution in [0, 0.1) is 23.7 Å². The van der Waals surface area contributed by atoms with Gasteiger partial charge in [0.15, 0.2) is 0 Å². The molecule has 0 amide bonds. The molecule has 0 saturated heterocycles. The normalized spacial score (nSPS) is 45.4. The Balaban J connectivity index is 1.73. The molecule has 18 heavy (non-hydrogen) atoms. The summed E-state index contributed by atoms with van der Waals surface area (Å²) in [7, 11) is 0. The summed E-state index contributed by atoms with van der Waals surface area (Å²) < 4.78 is 0. The fraction of sp³-hybridized carbons (Fsp3) is 0.688. The largest absolute Gasteiger partial charge is 0.330 e. The minimum absolute atomic E-state index is 0.455. The van der Waals surface area contributed by atoms with Crippen molar-refractivity contribution in [3.63, 3.8) is 0 Å². The quantitative estimate of drug-likeness (QED) is 0.866. The van der Waals surface area contributed by atoms with Crippen LogP contribution < -0.4 is 5.73 Å². The Morgan fingerprint density at radius 3 is 2.61 bits per heavy atom. The van der Waals surface area contributed by atoms with Gasteiger partial charge in [0.2, 0.25) is 0 Å². The van der Waals surface area contributed by atoms with E-state index in [-0.39, 0.29) is 0 Å². The summed E-state index contributed by atoms with van der Waals surface area (Å²) in [6, 6.07) is 4.41. The van der Waals surface area contributed by atoms with Crippen LogP contribution in [-0.2, 0) is 5.41 Å². The maximum absolute atomic E-state index is 6.02. The van der Waals surface area contributed by atoms with Gasteiger partial charge in [0.1, 0.15) is 0 Å². The summed E-state index contributed by atoms with van der Waals surface area (Å²) in [5.41, 5.74) is 7.98. The standard InChI is InChI=1S/C16H22N2/c17-9-15-12-4-11-5-13(15)8-16(6-11,7-12)14-2-1-3-18-10-14/h1-3,10-13,15H,4-9,17H2. The fourth-order valence-electron chi connectivity index (χ4n) is 5.54. The van der Waals surface area contributed by atoms with Crippen molar-refractivity contribution in [3.8, 4) is 0 Å². The first-order valence-corrected chi connectivity index (χ1v) is 7.41. The summed E-state index contributed by atoms with van der Waals surface area (Å²) in [6.45, 7) is 0.908. The summed E-state index contributed by atoms with van der Waals surface area (Å²) in [5.74, 6) is 3.56. The zero-order chi connectivity index (χ0) is 12.2. The van der Waals surface area contributed by atoms with Crippen LogP contribution in [-0.4, -0.2) is 11.5 Å². The van der Waals surface area contributed by atoms with E-state index < -0.39 is 0 Å². The highest BCUT2D eigenvalue weighted by atomic mass is 14.7. The van der Waals surface area contributed by atoms with Crippen LogP contribution in [0.1, 0.15) is 37.7 Å². The first-order valence-electron chi connectivity index (χ1n) is 7.41. The number of hydrogen-bond donors (Lipinski definition) is 1. The Labute approximate surface area is 109 Å². The second-order valence-electron chi connectivity index (χ2n) is 6.89. The zero-order valence-corrected chi connectivity index (χ0v) is 10.9. The molecule has 4 saturated carbocycles. The van der Waals surface area contributed by atoms with Crippen LogP contribution in [0.3, 0.4) is 0 Å². The molecule has 2 heteroatoms. The van der Waals surface area contributed by atoms with Gasteiger partial charge in [-0.05, 0) is 79.4 Å². The molecular formula is C16H22N2. The Morgan fingerprint density at radius 1 is 1.22 bits per heavy atom. The molecule has 2 unspecified atom stereocenters. The van der Waals surface area contributed by atoms with E-state index >= 15 is 0 Å². The smallest absolute Gasteiger partial charge is 0.0305 e. The van der Waals surface area contributed by atoms with Gasteiger partial charge in [0, 0.05) is 12.4 Å². The molecule has 4 fully saturated rings. The molecule has 2 nitrogen and oxygen atoms in total. The lowest BCUT2D eigenvalue weighted by molar-refractivity contribution is -0.0525. The molecule has 0 aromatic carbocycles. The maximum Gasteiger partial charge on any atom is 0.0305 e. The monoisotopic (exact) mass is 242 g/mol. The molecule has 5 rings (SSSR count). The SMILES string of the molecule is NCC1C2CC3CC1CC(c1cccnc1)(C3)C2. The van der Waals surface area contributed by atoms with Crippen molar-refractivity contribution in [1.29, 1.82) is 0 Å². The average Bonchev–Trinajstić information content (AvgIpc) is 2.39. The molecule has 4 aliphatic carbocycles. The topological polar surface area (TPSA) is 38.9 Å². The van der Waals surface area contributed by atoms with Crippen LogP contribution in [0.15, 0.2) is 24.5 Å². The van der Waals surface area contributed by atoms with Crippen molar-refractivity contribution in [2.24, 2.45) is 29.4 Å². The summed E-state index contributed by atoms with van der Waals surface area (Å²) in [5, 5.41) is 0. The van der Waals surface area contributed by atoms with Gasteiger partial charge in [-0.2, -0.15) is 0 Å². The lowest BCUT2D eigenvalue weighted by Gasteiger charge is -2.60. The van der Waals surface area contributed by atoms with E-state index in [1.807, 2.05) is 6.20 Å². The molecule has 2 atom stereocenters. The van der Waals surface area contributed by atoms with E-state index in [4.69, 9.17) is 5.73 Å². The first kappa shape index (κ1) is 11.0. The highest BCUT2D eigenvalue weighted by Crippen LogP contribution is 2.62. The van der Waals surface area contributed by atoms with Crippen molar-refractivity contribution < 1.29 is 0 Å². The Morgan fingerprint density at radius 2 is 2.00 bits per heavy atom. The Bertz CT molecular complexity index is 426. The predicted octanol–water partition coefficient (Wildman–Crippen LogP) is 2.73. The number of nitrogens with zero attached hydrogens (tertiary/aromatic N) is 1. The van der Waals surface area contributed by atoms with Crippen LogP contribution in [0.2, 0.25) is 0 Å². The minimum Gasteiger partial charge on any atom is -0.330 e. The molecule has 0 aliphatic heterocycles. The highest BCUT2D eigenvalue weighted by molar-refractivity contribution is 5.27. The van der Waals surface area contributed by atoms with Gasteiger partial charge < -0.3 is 5.73 Å². The molecule has 1 aromatic heterocycles. The van der Waals surface area contributed by atoms with Crippen molar-refractivity contribution >= 4 is 0 Å². The van der Waals surface area contributed by atoms with Crippen LogP contribution in [0.25, 0.3) is 0 Å². The molecular weight excluding hydrogens is 220 g/mol. The molecule has 2 N–H and O–H groups in total. The maximum atomic E-state index is 6.02.